The van der Waals surface area contributed by atoms with Crippen molar-refractivity contribution in [2.24, 2.45) is 13.0 Å². The third-order valence-corrected chi connectivity index (χ3v) is 5.02. The minimum Gasteiger partial charge on any atom is -0.460 e. The number of hydrogen-bond donors (Lipinski definition) is 0. The van der Waals surface area contributed by atoms with E-state index in [-0.39, 0.29) is 30.4 Å². The van der Waals surface area contributed by atoms with E-state index in [0.29, 0.717) is 12.8 Å². The maximum atomic E-state index is 12.6. The van der Waals surface area contributed by atoms with E-state index in [9.17, 15) is 9.59 Å². The Labute approximate surface area is 138 Å². The molecular formula is C16H19N3O3S. The molecule has 0 spiro atoms. The highest BCUT2D eigenvalue weighted by Gasteiger charge is 2.40. The maximum absolute atomic E-state index is 12.6. The molecule has 1 aliphatic rings. The number of amides is 1. The molecule has 1 fully saturated rings. The minimum absolute atomic E-state index is 0.0427. The van der Waals surface area contributed by atoms with Crippen molar-refractivity contribution in [2.75, 3.05) is 7.05 Å². The van der Waals surface area contributed by atoms with Crippen molar-refractivity contribution in [2.45, 2.75) is 25.5 Å². The topological polar surface area (TPSA) is 64.4 Å². The summed E-state index contributed by atoms with van der Waals surface area (Å²) in [6.45, 7) is 0.282. The average molecular weight is 333 g/mol. The first kappa shape index (κ1) is 15.7. The van der Waals surface area contributed by atoms with Gasteiger partial charge in [0.2, 0.25) is 5.91 Å². The number of thiophene rings is 1. The second-order valence-corrected chi connectivity index (χ2v) is 6.76. The van der Waals surface area contributed by atoms with Gasteiger partial charge in [0.25, 0.3) is 0 Å². The molecule has 0 saturated carbocycles. The average Bonchev–Trinajstić information content (AvgIpc) is 3.19. The van der Waals surface area contributed by atoms with Crippen molar-refractivity contribution >= 4 is 23.2 Å². The summed E-state index contributed by atoms with van der Waals surface area (Å²) < 4.78 is 7.15. The molecule has 0 aliphatic carbocycles. The van der Waals surface area contributed by atoms with Crippen molar-refractivity contribution in [3.63, 3.8) is 0 Å². The summed E-state index contributed by atoms with van der Waals surface area (Å²) in [5, 5.41) is 6.11. The molecule has 2 atom stereocenters. The predicted molar refractivity (Wildman–Crippen MR) is 85.6 cm³/mol. The highest BCUT2D eigenvalue weighted by atomic mass is 32.1. The highest BCUT2D eigenvalue weighted by Crippen LogP contribution is 2.36. The first-order chi connectivity index (χ1) is 11.1. The molecular weight excluding hydrogens is 314 g/mol. The number of aryl methyl sites for hydroxylation is 1. The Morgan fingerprint density at radius 3 is 2.96 bits per heavy atom. The number of nitrogens with zero attached hydrogens (tertiary/aromatic N) is 3. The summed E-state index contributed by atoms with van der Waals surface area (Å²) >= 11 is 1.56. The van der Waals surface area contributed by atoms with Crippen LogP contribution in [-0.4, -0.2) is 33.6 Å². The van der Waals surface area contributed by atoms with Gasteiger partial charge < -0.3 is 9.64 Å². The SMILES string of the molecule is CN1C(=O)CC[C@H](C(=O)OCc2cccs2)[C@H]1c1cnn(C)c1. The molecule has 1 amide bonds. The molecule has 0 N–H and O–H groups in total. The van der Waals surface area contributed by atoms with Crippen LogP contribution in [0.5, 0.6) is 0 Å². The van der Waals surface area contributed by atoms with Crippen LogP contribution in [0.25, 0.3) is 0 Å². The maximum Gasteiger partial charge on any atom is 0.311 e. The molecule has 2 aromatic rings. The quantitative estimate of drug-likeness (QED) is 0.804. The molecule has 0 bridgehead atoms. The van der Waals surface area contributed by atoms with Gasteiger partial charge in [-0.3, -0.25) is 14.3 Å². The van der Waals surface area contributed by atoms with Gasteiger partial charge in [-0.15, -0.1) is 11.3 Å². The molecule has 122 valence electrons. The van der Waals surface area contributed by atoms with Crippen LogP contribution in [0.3, 0.4) is 0 Å². The number of aromatic nitrogens is 2. The summed E-state index contributed by atoms with van der Waals surface area (Å²) in [5.74, 6) is -0.574. The number of rotatable bonds is 4. The fourth-order valence-corrected chi connectivity index (χ4v) is 3.59. The van der Waals surface area contributed by atoms with Gasteiger partial charge in [-0.05, 0) is 17.9 Å². The standard InChI is InChI=1S/C16H19N3O3S/c1-18-9-11(8-17-18)15-13(5-6-14(20)19(15)2)16(21)22-10-12-4-3-7-23-12/h3-4,7-9,13,15H,5-6,10H2,1-2H3/t13-,15+/m0/s1. The van der Waals surface area contributed by atoms with E-state index in [1.54, 1.807) is 34.2 Å². The monoisotopic (exact) mass is 333 g/mol. The van der Waals surface area contributed by atoms with Crippen LogP contribution < -0.4 is 0 Å². The number of esters is 1. The van der Waals surface area contributed by atoms with Gasteiger partial charge in [0.1, 0.15) is 6.61 Å². The Morgan fingerprint density at radius 2 is 2.30 bits per heavy atom. The lowest BCUT2D eigenvalue weighted by Gasteiger charge is -2.37. The number of hydrogen-bond acceptors (Lipinski definition) is 5. The van der Waals surface area contributed by atoms with E-state index in [0.717, 1.165) is 10.4 Å². The summed E-state index contributed by atoms with van der Waals surface area (Å²) in [4.78, 5) is 27.2. The Hall–Kier alpha value is -2.15. The second kappa shape index (κ2) is 6.54. The van der Waals surface area contributed by atoms with Crippen LogP contribution >= 0.6 is 11.3 Å². The number of ether oxygens (including phenoxy) is 1. The molecule has 1 saturated heterocycles. The fourth-order valence-electron chi connectivity index (χ4n) is 2.98. The second-order valence-electron chi connectivity index (χ2n) is 5.73. The van der Waals surface area contributed by atoms with E-state index < -0.39 is 0 Å². The molecule has 1 aliphatic heterocycles. The van der Waals surface area contributed by atoms with Gasteiger partial charge in [0.15, 0.2) is 0 Å². The molecule has 2 aromatic heterocycles. The van der Waals surface area contributed by atoms with Gasteiger partial charge in [-0.1, -0.05) is 6.07 Å². The number of carbonyl (C=O) groups excluding carboxylic acids is 2. The molecule has 3 rings (SSSR count). The van der Waals surface area contributed by atoms with Gasteiger partial charge in [-0.25, -0.2) is 0 Å². The van der Waals surface area contributed by atoms with Gasteiger partial charge >= 0.3 is 5.97 Å². The zero-order chi connectivity index (χ0) is 16.4. The van der Waals surface area contributed by atoms with E-state index >= 15 is 0 Å². The normalized spacial score (nSPS) is 21.5. The van der Waals surface area contributed by atoms with Gasteiger partial charge in [-0.2, -0.15) is 5.10 Å². The van der Waals surface area contributed by atoms with Crippen molar-refractivity contribution < 1.29 is 14.3 Å². The summed E-state index contributed by atoms with van der Waals surface area (Å²) in [6, 6.07) is 3.55. The van der Waals surface area contributed by atoms with Crippen LogP contribution in [0.15, 0.2) is 29.9 Å². The molecule has 0 radical (unpaired) electrons. The third-order valence-electron chi connectivity index (χ3n) is 4.17. The Bertz CT molecular complexity index is 695. The minimum atomic E-state index is -0.359. The van der Waals surface area contributed by atoms with Crippen LogP contribution in [0.2, 0.25) is 0 Å². The van der Waals surface area contributed by atoms with E-state index in [1.807, 2.05) is 30.8 Å². The smallest absolute Gasteiger partial charge is 0.311 e. The zero-order valence-electron chi connectivity index (χ0n) is 13.1. The van der Waals surface area contributed by atoms with Crippen molar-refractivity contribution in [3.05, 3.63) is 40.3 Å². The van der Waals surface area contributed by atoms with Gasteiger partial charge in [0.05, 0.1) is 18.2 Å². The predicted octanol–water partition coefficient (Wildman–Crippen LogP) is 2.13. The summed E-state index contributed by atoms with van der Waals surface area (Å²) in [7, 11) is 3.55. The molecule has 6 nitrogen and oxygen atoms in total. The number of likely N-dealkylation sites (tertiary alicyclic amines) is 1. The van der Waals surface area contributed by atoms with Crippen LogP contribution in [-0.2, 0) is 28.0 Å². The molecule has 23 heavy (non-hydrogen) atoms. The largest absolute Gasteiger partial charge is 0.460 e. The zero-order valence-corrected chi connectivity index (χ0v) is 14.0. The molecule has 7 heteroatoms. The number of carbonyl (C=O) groups is 2. The van der Waals surface area contributed by atoms with Gasteiger partial charge in [0, 0.05) is 37.2 Å². The van der Waals surface area contributed by atoms with Crippen molar-refractivity contribution in [3.8, 4) is 0 Å². The van der Waals surface area contributed by atoms with E-state index in [2.05, 4.69) is 5.10 Å². The lowest BCUT2D eigenvalue weighted by Crippen LogP contribution is -2.43. The summed E-state index contributed by atoms with van der Waals surface area (Å²) in [6.07, 6.45) is 4.43. The van der Waals surface area contributed by atoms with E-state index in [1.165, 1.54) is 0 Å². The lowest BCUT2D eigenvalue weighted by molar-refractivity contribution is -0.157. The Kier molecular flexibility index (Phi) is 4.47. The Morgan fingerprint density at radius 1 is 1.48 bits per heavy atom. The highest BCUT2D eigenvalue weighted by molar-refractivity contribution is 7.09. The Balaban J connectivity index is 1.77. The van der Waals surface area contributed by atoms with Crippen molar-refractivity contribution in [1.29, 1.82) is 0 Å². The lowest BCUT2D eigenvalue weighted by atomic mass is 9.86. The van der Waals surface area contributed by atoms with Crippen LogP contribution in [0.4, 0.5) is 0 Å². The molecule has 0 unspecified atom stereocenters. The van der Waals surface area contributed by atoms with Crippen LogP contribution in [0, 0.1) is 5.92 Å². The third kappa shape index (κ3) is 3.29. The fraction of sp³-hybridized carbons (Fsp3) is 0.438. The van der Waals surface area contributed by atoms with E-state index in [4.69, 9.17) is 4.74 Å². The molecule has 0 aromatic carbocycles. The first-order valence-corrected chi connectivity index (χ1v) is 8.37. The molecule has 3 heterocycles. The van der Waals surface area contributed by atoms with Crippen LogP contribution in [0.1, 0.15) is 29.3 Å². The summed E-state index contributed by atoms with van der Waals surface area (Å²) in [5.41, 5.74) is 0.862. The van der Waals surface area contributed by atoms with Crippen molar-refractivity contribution in [1.82, 2.24) is 14.7 Å². The number of piperidine rings is 1. The first-order valence-electron chi connectivity index (χ1n) is 7.49.